The van der Waals surface area contributed by atoms with Gasteiger partial charge in [-0.3, -0.25) is 14.2 Å². The lowest BCUT2D eigenvalue weighted by molar-refractivity contribution is 0.450. The van der Waals surface area contributed by atoms with Crippen LogP contribution in [-0.4, -0.2) is 26.8 Å². The van der Waals surface area contributed by atoms with E-state index in [0.717, 1.165) is 17.7 Å². The van der Waals surface area contributed by atoms with Crippen LogP contribution in [0, 0.1) is 12.8 Å². The van der Waals surface area contributed by atoms with Crippen LogP contribution in [0.4, 0.5) is 4.39 Å². The third-order valence-electron chi connectivity index (χ3n) is 3.91. The van der Waals surface area contributed by atoms with Crippen molar-refractivity contribution in [1.29, 1.82) is 0 Å². The molecular formula is C14H15FN4O2. The molecule has 1 saturated carbocycles. The maximum atomic E-state index is 12.4. The van der Waals surface area contributed by atoms with E-state index in [1.165, 1.54) is 6.20 Å². The van der Waals surface area contributed by atoms with Crippen LogP contribution in [0.5, 0.6) is 0 Å². The molecule has 110 valence electrons. The molecule has 2 atom stereocenters. The summed E-state index contributed by atoms with van der Waals surface area (Å²) >= 11 is 0. The van der Waals surface area contributed by atoms with Crippen molar-refractivity contribution in [1.82, 2.24) is 20.2 Å². The SMILES string of the molecule is Cc1nnc(-c2c[nH]c(=O)[nH]c2=O)cc1C1CC1CCF. The Hall–Kier alpha value is -2.31. The second-order valence-corrected chi connectivity index (χ2v) is 5.34. The molecular weight excluding hydrogens is 275 g/mol. The number of alkyl halides is 1. The highest BCUT2D eigenvalue weighted by Gasteiger charge is 2.39. The highest BCUT2D eigenvalue weighted by molar-refractivity contribution is 5.57. The molecule has 1 fully saturated rings. The van der Waals surface area contributed by atoms with E-state index in [4.69, 9.17) is 0 Å². The number of nitrogens with one attached hydrogen (secondary N) is 2. The highest BCUT2D eigenvalue weighted by Crippen LogP contribution is 2.50. The summed E-state index contributed by atoms with van der Waals surface area (Å²) in [5, 5.41) is 8.10. The Balaban J connectivity index is 1.98. The molecule has 1 aliphatic carbocycles. The van der Waals surface area contributed by atoms with Gasteiger partial charge in [0.15, 0.2) is 0 Å². The number of aromatic amines is 2. The van der Waals surface area contributed by atoms with E-state index in [-0.39, 0.29) is 18.2 Å². The Morgan fingerprint density at radius 2 is 2.19 bits per heavy atom. The van der Waals surface area contributed by atoms with E-state index in [0.29, 0.717) is 18.0 Å². The maximum Gasteiger partial charge on any atom is 0.325 e. The van der Waals surface area contributed by atoms with Crippen molar-refractivity contribution < 1.29 is 4.39 Å². The van der Waals surface area contributed by atoms with Crippen molar-refractivity contribution in [2.24, 2.45) is 5.92 Å². The van der Waals surface area contributed by atoms with Crippen molar-refractivity contribution in [3.8, 4) is 11.3 Å². The maximum absolute atomic E-state index is 12.4. The van der Waals surface area contributed by atoms with Crippen LogP contribution in [0.25, 0.3) is 11.3 Å². The quantitative estimate of drug-likeness (QED) is 0.887. The molecule has 0 amide bonds. The lowest BCUT2D eigenvalue weighted by Crippen LogP contribution is -2.23. The third kappa shape index (κ3) is 2.63. The minimum atomic E-state index is -0.561. The lowest BCUT2D eigenvalue weighted by atomic mass is 10.0. The normalized spacial score (nSPS) is 20.5. The van der Waals surface area contributed by atoms with Crippen molar-refractivity contribution in [3.05, 3.63) is 44.4 Å². The van der Waals surface area contributed by atoms with Gasteiger partial charge in [0.05, 0.1) is 17.9 Å². The summed E-state index contributed by atoms with van der Waals surface area (Å²) < 4.78 is 12.4. The van der Waals surface area contributed by atoms with E-state index >= 15 is 0 Å². The molecule has 2 aromatic rings. The van der Waals surface area contributed by atoms with Gasteiger partial charge in [-0.05, 0) is 43.2 Å². The summed E-state index contributed by atoms with van der Waals surface area (Å²) in [4.78, 5) is 27.4. The smallest absolute Gasteiger partial charge is 0.313 e. The first-order chi connectivity index (χ1) is 10.1. The minimum absolute atomic E-state index is 0.269. The summed E-state index contributed by atoms with van der Waals surface area (Å²) in [6, 6.07) is 1.81. The Morgan fingerprint density at radius 3 is 2.90 bits per heavy atom. The number of H-pyrrole nitrogens is 2. The molecule has 0 saturated heterocycles. The molecule has 6 nitrogen and oxygen atoms in total. The summed E-state index contributed by atoms with van der Waals surface area (Å²) in [6.07, 6.45) is 2.83. The lowest BCUT2D eigenvalue weighted by Gasteiger charge is -2.06. The zero-order chi connectivity index (χ0) is 15.0. The van der Waals surface area contributed by atoms with E-state index < -0.39 is 11.2 Å². The molecule has 0 spiro atoms. The van der Waals surface area contributed by atoms with Gasteiger partial charge in [-0.25, -0.2) is 4.79 Å². The molecule has 0 bridgehead atoms. The number of nitrogens with zero attached hydrogens (tertiary/aromatic N) is 2. The van der Waals surface area contributed by atoms with Crippen molar-refractivity contribution in [3.63, 3.8) is 0 Å². The number of aromatic nitrogens is 4. The summed E-state index contributed by atoms with van der Waals surface area (Å²) in [5.41, 5.74) is 1.42. The van der Waals surface area contributed by atoms with Crippen molar-refractivity contribution in [2.45, 2.75) is 25.7 Å². The van der Waals surface area contributed by atoms with Gasteiger partial charge < -0.3 is 4.98 Å². The van der Waals surface area contributed by atoms with Gasteiger partial charge in [0, 0.05) is 6.20 Å². The molecule has 3 rings (SSSR count). The second-order valence-electron chi connectivity index (χ2n) is 5.34. The summed E-state index contributed by atoms with van der Waals surface area (Å²) in [6.45, 7) is 1.54. The molecule has 1 aliphatic rings. The molecule has 0 radical (unpaired) electrons. The van der Waals surface area contributed by atoms with E-state index in [2.05, 4.69) is 20.2 Å². The van der Waals surface area contributed by atoms with Crippen LogP contribution in [0.15, 0.2) is 21.9 Å². The molecule has 2 unspecified atom stereocenters. The number of halogens is 1. The first-order valence-corrected chi connectivity index (χ1v) is 6.82. The van der Waals surface area contributed by atoms with Gasteiger partial charge >= 0.3 is 5.69 Å². The van der Waals surface area contributed by atoms with Gasteiger partial charge in [-0.15, -0.1) is 5.10 Å². The fraction of sp³-hybridized carbons (Fsp3) is 0.429. The number of aryl methyl sites for hydroxylation is 1. The van der Waals surface area contributed by atoms with Crippen LogP contribution >= 0.6 is 0 Å². The topological polar surface area (TPSA) is 91.5 Å². The Labute approximate surface area is 119 Å². The minimum Gasteiger partial charge on any atom is -0.313 e. The van der Waals surface area contributed by atoms with Crippen LogP contribution < -0.4 is 11.2 Å². The van der Waals surface area contributed by atoms with Crippen LogP contribution in [0.2, 0.25) is 0 Å². The predicted octanol–water partition coefficient (Wildman–Crippen LogP) is 1.29. The average Bonchev–Trinajstić information content (AvgIpc) is 3.19. The standard InChI is InChI=1S/C14H15FN4O2/c1-7-9(10-4-8(10)2-3-15)5-12(19-18-7)11-6-16-14(21)17-13(11)20/h5-6,8,10H,2-4H2,1H3,(H2,16,17,20,21). The first kappa shape index (κ1) is 13.7. The summed E-state index contributed by atoms with van der Waals surface area (Å²) in [5.74, 6) is 0.636. The van der Waals surface area contributed by atoms with Gasteiger partial charge in [0.2, 0.25) is 0 Å². The van der Waals surface area contributed by atoms with Crippen LogP contribution in [-0.2, 0) is 0 Å². The van der Waals surface area contributed by atoms with Gasteiger partial charge in [0.25, 0.3) is 5.56 Å². The summed E-state index contributed by atoms with van der Waals surface area (Å²) in [7, 11) is 0. The Kier molecular flexibility index (Phi) is 3.40. The Morgan fingerprint density at radius 1 is 1.38 bits per heavy atom. The van der Waals surface area contributed by atoms with Crippen LogP contribution in [0.3, 0.4) is 0 Å². The first-order valence-electron chi connectivity index (χ1n) is 6.82. The molecule has 2 heterocycles. The van der Waals surface area contributed by atoms with E-state index in [9.17, 15) is 14.0 Å². The molecule has 21 heavy (non-hydrogen) atoms. The number of rotatable bonds is 4. The Bertz CT molecular complexity index is 783. The third-order valence-corrected chi connectivity index (χ3v) is 3.91. The molecule has 7 heteroatoms. The van der Waals surface area contributed by atoms with E-state index in [1.807, 2.05) is 13.0 Å². The number of hydrogen-bond acceptors (Lipinski definition) is 4. The largest absolute Gasteiger partial charge is 0.325 e. The van der Waals surface area contributed by atoms with Crippen molar-refractivity contribution >= 4 is 0 Å². The van der Waals surface area contributed by atoms with Crippen LogP contribution in [0.1, 0.15) is 30.0 Å². The van der Waals surface area contributed by atoms with E-state index in [1.54, 1.807) is 0 Å². The zero-order valence-electron chi connectivity index (χ0n) is 11.5. The molecule has 2 N–H and O–H groups in total. The monoisotopic (exact) mass is 290 g/mol. The average molecular weight is 290 g/mol. The number of hydrogen-bond donors (Lipinski definition) is 2. The second kappa shape index (κ2) is 5.23. The molecule has 2 aromatic heterocycles. The highest BCUT2D eigenvalue weighted by atomic mass is 19.1. The van der Waals surface area contributed by atoms with Gasteiger partial charge in [-0.2, -0.15) is 5.10 Å². The molecule has 0 aromatic carbocycles. The zero-order valence-corrected chi connectivity index (χ0v) is 11.5. The van der Waals surface area contributed by atoms with Crippen molar-refractivity contribution in [2.75, 3.05) is 6.67 Å². The fourth-order valence-corrected chi connectivity index (χ4v) is 2.66. The fourth-order valence-electron chi connectivity index (χ4n) is 2.66. The van der Waals surface area contributed by atoms with Gasteiger partial charge in [-0.1, -0.05) is 0 Å². The molecule has 0 aliphatic heterocycles. The van der Waals surface area contributed by atoms with Gasteiger partial charge in [0.1, 0.15) is 5.69 Å². The predicted molar refractivity (Wildman–Crippen MR) is 74.9 cm³/mol.